The molecule has 1 fully saturated rings. The smallest absolute Gasteiger partial charge is 0.230 e. The van der Waals surface area contributed by atoms with E-state index in [0.717, 1.165) is 19.5 Å². The molecule has 0 spiro atoms. The molecule has 1 saturated heterocycles. The van der Waals surface area contributed by atoms with Crippen molar-refractivity contribution >= 4 is 5.91 Å². The summed E-state index contributed by atoms with van der Waals surface area (Å²) in [6.45, 7) is 11.5. The molecule has 0 saturated carbocycles. The van der Waals surface area contributed by atoms with Crippen LogP contribution in [0, 0.1) is 11.3 Å². The van der Waals surface area contributed by atoms with E-state index in [1.54, 1.807) is 13.2 Å². The third-order valence-electron chi connectivity index (χ3n) is 3.92. The Labute approximate surface area is 110 Å². The summed E-state index contributed by atoms with van der Waals surface area (Å²) in [6.07, 6.45) is 2.70. The maximum absolute atomic E-state index is 12.8. The van der Waals surface area contributed by atoms with E-state index in [0.29, 0.717) is 25.6 Å². The van der Waals surface area contributed by atoms with Gasteiger partial charge in [0.2, 0.25) is 5.91 Å². The molecule has 1 unspecified atom stereocenters. The van der Waals surface area contributed by atoms with Gasteiger partial charge in [-0.2, -0.15) is 0 Å². The Morgan fingerprint density at radius 1 is 1.61 bits per heavy atom. The van der Waals surface area contributed by atoms with Crippen molar-refractivity contribution in [2.24, 2.45) is 11.3 Å². The van der Waals surface area contributed by atoms with Crippen LogP contribution in [-0.4, -0.2) is 50.7 Å². The molecular weight excluding hydrogens is 228 g/mol. The lowest BCUT2D eigenvalue weighted by atomic mass is 9.75. The van der Waals surface area contributed by atoms with Gasteiger partial charge in [-0.3, -0.25) is 4.79 Å². The Morgan fingerprint density at radius 2 is 2.33 bits per heavy atom. The van der Waals surface area contributed by atoms with Crippen molar-refractivity contribution in [3.05, 3.63) is 12.7 Å². The van der Waals surface area contributed by atoms with Crippen molar-refractivity contribution in [3.63, 3.8) is 0 Å². The molecule has 1 aliphatic rings. The monoisotopic (exact) mass is 254 g/mol. The molecule has 1 heterocycles. The van der Waals surface area contributed by atoms with Crippen molar-refractivity contribution in [1.29, 1.82) is 0 Å². The number of nitrogens with zero attached hydrogens (tertiary/aromatic N) is 1. The molecular formula is C14H26N2O2. The SMILES string of the molecule is C=CCN(CCOC)C(=O)C1(C(C)C)CCNC1. The average Bonchev–Trinajstić information content (AvgIpc) is 2.84. The molecule has 4 heteroatoms. The molecule has 0 bridgehead atoms. The second-order valence-electron chi connectivity index (χ2n) is 5.27. The summed E-state index contributed by atoms with van der Waals surface area (Å²) in [5.74, 6) is 0.578. The van der Waals surface area contributed by atoms with E-state index in [4.69, 9.17) is 4.74 Å². The molecule has 0 aromatic carbocycles. The highest BCUT2D eigenvalue weighted by atomic mass is 16.5. The van der Waals surface area contributed by atoms with Gasteiger partial charge in [-0.25, -0.2) is 0 Å². The molecule has 1 N–H and O–H groups in total. The summed E-state index contributed by atoms with van der Waals surface area (Å²) < 4.78 is 5.08. The van der Waals surface area contributed by atoms with Crippen LogP contribution in [0.4, 0.5) is 0 Å². The molecule has 1 rings (SSSR count). The van der Waals surface area contributed by atoms with Crippen molar-refractivity contribution in [3.8, 4) is 0 Å². The van der Waals surface area contributed by atoms with E-state index < -0.39 is 0 Å². The van der Waals surface area contributed by atoms with Gasteiger partial charge in [-0.1, -0.05) is 19.9 Å². The first-order chi connectivity index (χ1) is 8.58. The number of methoxy groups -OCH3 is 1. The van der Waals surface area contributed by atoms with Gasteiger partial charge in [0.15, 0.2) is 0 Å². The number of ether oxygens (including phenoxy) is 1. The molecule has 4 nitrogen and oxygen atoms in total. The lowest BCUT2D eigenvalue weighted by molar-refractivity contribution is -0.143. The zero-order valence-electron chi connectivity index (χ0n) is 11.9. The lowest BCUT2D eigenvalue weighted by Crippen LogP contribution is -2.49. The van der Waals surface area contributed by atoms with Crippen LogP contribution in [0.3, 0.4) is 0 Å². The van der Waals surface area contributed by atoms with Crippen LogP contribution in [-0.2, 0) is 9.53 Å². The second-order valence-corrected chi connectivity index (χ2v) is 5.27. The third-order valence-corrected chi connectivity index (χ3v) is 3.92. The minimum atomic E-state index is -0.253. The highest BCUT2D eigenvalue weighted by Gasteiger charge is 2.45. The molecule has 0 aliphatic carbocycles. The Balaban J connectivity index is 2.81. The van der Waals surface area contributed by atoms with E-state index in [9.17, 15) is 4.79 Å². The Bertz CT molecular complexity index is 284. The molecule has 1 aliphatic heterocycles. The quantitative estimate of drug-likeness (QED) is 0.696. The summed E-state index contributed by atoms with van der Waals surface area (Å²) in [6, 6.07) is 0. The van der Waals surface area contributed by atoms with Crippen LogP contribution in [0.5, 0.6) is 0 Å². The van der Waals surface area contributed by atoms with Gasteiger partial charge in [-0.15, -0.1) is 6.58 Å². The fourth-order valence-electron chi connectivity index (χ4n) is 2.58. The summed E-state index contributed by atoms with van der Waals surface area (Å²) >= 11 is 0. The van der Waals surface area contributed by atoms with Gasteiger partial charge in [0.1, 0.15) is 0 Å². The van der Waals surface area contributed by atoms with Gasteiger partial charge >= 0.3 is 0 Å². The second kappa shape index (κ2) is 6.90. The number of carbonyl (C=O) groups is 1. The fourth-order valence-corrected chi connectivity index (χ4v) is 2.58. The van der Waals surface area contributed by atoms with Crippen molar-refractivity contribution < 1.29 is 9.53 Å². The molecule has 104 valence electrons. The Morgan fingerprint density at radius 3 is 2.78 bits per heavy atom. The van der Waals surface area contributed by atoms with E-state index in [1.807, 2.05) is 4.90 Å². The first kappa shape index (κ1) is 15.2. The molecule has 18 heavy (non-hydrogen) atoms. The summed E-state index contributed by atoms with van der Waals surface area (Å²) in [4.78, 5) is 14.7. The summed E-state index contributed by atoms with van der Waals surface area (Å²) in [5, 5.41) is 3.32. The maximum atomic E-state index is 12.8. The minimum Gasteiger partial charge on any atom is -0.383 e. The van der Waals surface area contributed by atoms with Gasteiger partial charge in [0.05, 0.1) is 12.0 Å². The zero-order chi connectivity index (χ0) is 13.6. The number of hydrogen-bond acceptors (Lipinski definition) is 3. The van der Waals surface area contributed by atoms with E-state index in [-0.39, 0.29) is 11.3 Å². The minimum absolute atomic E-state index is 0.236. The first-order valence-corrected chi connectivity index (χ1v) is 6.68. The zero-order valence-corrected chi connectivity index (χ0v) is 11.9. The van der Waals surface area contributed by atoms with E-state index in [1.165, 1.54) is 0 Å². The molecule has 0 aromatic heterocycles. The summed E-state index contributed by atoms with van der Waals surface area (Å²) in [7, 11) is 1.66. The van der Waals surface area contributed by atoms with Crippen LogP contribution in [0.15, 0.2) is 12.7 Å². The standard InChI is InChI=1S/C14H26N2O2/c1-5-8-16(9-10-18-4)13(17)14(12(2)3)6-7-15-11-14/h5,12,15H,1,6-11H2,2-4H3. The van der Waals surface area contributed by atoms with Crippen LogP contribution in [0.1, 0.15) is 20.3 Å². The van der Waals surface area contributed by atoms with Crippen LogP contribution in [0.2, 0.25) is 0 Å². The van der Waals surface area contributed by atoms with Crippen LogP contribution < -0.4 is 5.32 Å². The Kier molecular flexibility index (Phi) is 5.82. The highest BCUT2D eigenvalue weighted by Crippen LogP contribution is 2.36. The number of nitrogens with one attached hydrogen (secondary N) is 1. The maximum Gasteiger partial charge on any atom is 0.230 e. The lowest BCUT2D eigenvalue weighted by Gasteiger charge is -2.36. The van der Waals surface area contributed by atoms with E-state index >= 15 is 0 Å². The van der Waals surface area contributed by atoms with Gasteiger partial charge in [-0.05, 0) is 18.9 Å². The molecule has 1 atom stereocenters. The largest absolute Gasteiger partial charge is 0.383 e. The number of carbonyl (C=O) groups excluding carboxylic acids is 1. The predicted molar refractivity (Wildman–Crippen MR) is 73.4 cm³/mol. The third kappa shape index (κ3) is 3.12. The predicted octanol–water partition coefficient (Wildman–Crippen LogP) is 1.28. The molecule has 0 aromatic rings. The number of rotatable bonds is 7. The van der Waals surface area contributed by atoms with Crippen LogP contribution >= 0.6 is 0 Å². The van der Waals surface area contributed by atoms with Gasteiger partial charge < -0.3 is 15.0 Å². The van der Waals surface area contributed by atoms with Crippen molar-refractivity contribution in [1.82, 2.24) is 10.2 Å². The number of hydrogen-bond donors (Lipinski definition) is 1. The number of amides is 1. The fraction of sp³-hybridized carbons (Fsp3) is 0.786. The highest BCUT2D eigenvalue weighted by molar-refractivity contribution is 5.84. The van der Waals surface area contributed by atoms with Crippen molar-refractivity contribution in [2.45, 2.75) is 20.3 Å². The summed E-state index contributed by atoms with van der Waals surface area (Å²) in [5.41, 5.74) is -0.253. The van der Waals surface area contributed by atoms with Crippen LogP contribution in [0.25, 0.3) is 0 Å². The topological polar surface area (TPSA) is 41.6 Å². The average molecular weight is 254 g/mol. The first-order valence-electron chi connectivity index (χ1n) is 6.68. The molecule has 1 amide bonds. The molecule has 0 radical (unpaired) electrons. The normalized spacial score (nSPS) is 23.3. The van der Waals surface area contributed by atoms with Gasteiger partial charge in [0, 0.05) is 26.7 Å². The van der Waals surface area contributed by atoms with Crippen molar-refractivity contribution in [2.75, 3.05) is 39.9 Å². The Hall–Kier alpha value is -0.870. The van der Waals surface area contributed by atoms with E-state index in [2.05, 4.69) is 25.7 Å². The van der Waals surface area contributed by atoms with Gasteiger partial charge in [0.25, 0.3) is 0 Å².